The van der Waals surface area contributed by atoms with Crippen LogP contribution in [0.4, 0.5) is 4.39 Å². The number of hydrogen-bond donors (Lipinski definition) is 1. The lowest BCUT2D eigenvalue weighted by Crippen LogP contribution is -2.32. The molecule has 1 saturated heterocycles. The Labute approximate surface area is 119 Å². The smallest absolute Gasteiger partial charge is 0.223 e. The molecule has 4 nitrogen and oxygen atoms in total. The first-order chi connectivity index (χ1) is 9.70. The van der Waals surface area contributed by atoms with Gasteiger partial charge in [0.25, 0.3) is 0 Å². The van der Waals surface area contributed by atoms with Crippen molar-refractivity contribution < 1.29 is 9.18 Å². The Morgan fingerprint density at radius 3 is 2.80 bits per heavy atom. The van der Waals surface area contributed by atoms with Crippen molar-refractivity contribution in [3.8, 4) is 0 Å². The molecule has 0 aliphatic carbocycles. The summed E-state index contributed by atoms with van der Waals surface area (Å²) in [7, 11) is 0. The van der Waals surface area contributed by atoms with Crippen LogP contribution in [-0.4, -0.2) is 35.4 Å². The van der Waals surface area contributed by atoms with E-state index >= 15 is 0 Å². The first kappa shape index (κ1) is 14.9. The van der Waals surface area contributed by atoms with Crippen LogP contribution in [0.1, 0.15) is 44.3 Å². The lowest BCUT2D eigenvalue weighted by Gasteiger charge is -2.18. The summed E-state index contributed by atoms with van der Waals surface area (Å²) in [4.78, 5) is 17.9. The molecule has 1 amide bonds. The fourth-order valence-corrected chi connectivity index (χ4v) is 2.53. The van der Waals surface area contributed by atoms with Crippen LogP contribution in [0.2, 0.25) is 0 Å². The van der Waals surface area contributed by atoms with E-state index in [1.165, 1.54) is 12.3 Å². The second-order valence-corrected chi connectivity index (χ2v) is 5.15. The highest BCUT2D eigenvalue weighted by atomic mass is 19.1. The van der Waals surface area contributed by atoms with Gasteiger partial charge in [-0.05, 0) is 31.4 Å². The highest BCUT2D eigenvalue weighted by molar-refractivity contribution is 5.76. The fourth-order valence-electron chi connectivity index (χ4n) is 2.53. The first-order valence-electron chi connectivity index (χ1n) is 7.33. The Kier molecular flexibility index (Phi) is 5.47. The van der Waals surface area contributed by atoms with Gasteiger partial charge in [-0.3, -0.25) is 9.78 Å². The van der Waals surface area contributed by atoms with Crippen LogP contribution in [0, 0.1) is 5.82 Å². The molecule has 1 N–H and O–H groups in total. The number of pyridine rings is 1. The molecule has 0 bridgehead atoms. The summed E-state index contributed by atoms with van der Waals surface area (Å²) in [5.74, 6) is -0.107. The number of rotatable bonds is 6. The predicted molar refractivity (Wildman–Crippen MR) is 75.7 cm³/mol. The second-order valence-electron chi connectivity index (χ2n) is 5.15. The van der Waals surface area contributed by atoms with Crippen LogP contribution in [0.3, 0.4) is 0 Å². The van der Waals surface area contributed by atoms with E-state index in [1.54, 1.807) is 6.07 Å². The van der Waals surface area contributed by atoms with Crippen molar-refractivity contribution in [2.24, 2.45) is 0 Å². The van der Waals surface area contributed by atoms with Crippen molar-refractivity contribution in [3.05, 3.63) is 29.8 Å². The molecule has 20 heavy (non-hydrogen) atoms. The van der Waals surface area contributed by atoms with E-state index < -0.39 is 0 Å². The lowest BCUT2D eigenvalue weighted by atomic mass is 10.1. The van der Waals surface area contributed by atoms with Gasteiger partial charge in [0.2, 0.25) is 5.91 Å². The maximum Gasteiger partial charge on any atom is 0.223 e. The van der Waals surface area contributed by atoms with Crippen molar-refractivity contribution >= 4 is 5.91 Å². The summed E-state index contributed by atoms with van der Waals surface area (Å²) in [6.45, 7) is 4.48. The Bertz CT molecular complexity index is 429. The average Bonchev–Trinajstić information content (AvgIpc) is 2.99. The monoisotopic (exact) mass is 279 g/mol. The Morgan fingerprint density at radius 2 is 2.20 bits per heavy atom. The van der Waals surface area contributed by atoms with Crippen LogP contribution < -0.4 is 5.32 Å². The summed E-state index contributed by atoms with van der Waals surface area (Å²) in [6.07, 6.45) is 4.84. The van der Waals surface area contributed by atoms with E-state index in [4.69, 9.17) is 0 Å². The molecule has 0 saturated carbocycles. The Balaban J connectivity index is 1.78. The SMILES string of the molecule is CCC(NCCC(=O)N1CCCC1)c1ccc(F)cn1. The number of halogens is 1. The zero-order valence-corrected chi connectivity index (χ0v) is 11.9. The van der Waals surface area contributed by atoms with Gasteiger partial charge >= 0.3 is 0 Å². The maximum atomic E-state index is 12.9. The highest BCUT2D eigenvalue weighted by Gasteiger charge is 2.18. The molecule has 1 aliphatic rings. The van der Waals surface area contributed by atoms with Gasteiger partial charge in [0.1, 0.15) is 5.82 Å². The Morgan fingerprint density at radius 1 is 1.45 bits per heavy atom. The number of carbonyl (C=O) groups is 1. The molecular weight excluding hydrogens is 257 g/mol. The average molecular weight is 279 g/mol. The third-order valence-corrected chi connectivity index (χ3v) is 3.70. The molecule has 0 spiro atoms. The number of likely N-dealkylation sites (tertiary alicyclic amines) is 1. The molecule has 1 atom stereocenters. The lowest BCUT2D eigenvalue weighted by molar-refractivity contribution is -0.130. The van der Waals surface area contributed by atoms with Gasteiger partial charge in [-0.15, -0.1) is 0 Å². The first-order valence-corrected chi connectivity index (χ1v) is 7.33. The van der Waals surface area contributed by atoms with E-state index in [1.807, 2.05) is 11.8 Å². The molecule has 1 aromatic rings. The Hall–Kier alpha value is -1.49. The molecule has 5 heteroatoms. The van der Waals surface area contributed by atoms with Gasteiger partial charge in [0, 0.05) is 32.1 Å². The van der Waals surface area contributed by atoms with Crippen LogP contribution in [0.5, 0.6) is 0 Å². The predicted octanol–water partition coefficient (Wildman–Crippen LogP) is 2.27. The largest absolute Gasteiger partial charge is 0.343 e. The van der Waals surface area contributed by atoms with Crippen molar-refractivity contribution in [2.75, 3.05) is 19.6 Å². The second kappa shape index (κ2) is 7.33. The molecule has 2 heterocycles. The summed E-state index contributed by atoms with van der Waals surface area (Å²) < 4.78 is 12.9. The molecule has 0 aromatic carbocycles. The van der Waals surface area contributed by atoms with Crippen molar-refractivity contribution in [1.82, 2.24) is 15.2 Å². The quantitative estimate of drug-likeness (QED) is 0.869. The number of aromatic nitrogens is 1. The number of hydrogen-bond acceptors (Lipinski definition) is 3. The minimum atomic E-state index is -0.326. The number of amides is 1. The van der Waals surface area contributed by atoms with E-state index in [2.05, 4.69) is 10.3 Å². The van der Waals surface area contributed by atoms with Gasteiger partial charge < -0.3 is 10.2 Å². The van der Waals surface area contributed by atoms with Gasteiger partial charge in [-0.25, -0.2) is 4.39 Å². The van der Waals surface area contributed by atoms with Crippen molar-refractivity contribution in [3.63, 3.8) is 0 Å². The maximum absolute atomic E-state index is 12.9. The molecule has 1 aromatic heterocycles. The van der Waals surface area contributed by atoms with Crippen molar-refractivity contribution in [2.45, 2.75) is 38.6 Å². The van der Waals surface area contributed by atoms with E-state index in [0.717, 1.165) is 38.0 Å². The minimum absolute atomic E-state index is 0.0713. The summed E-state index contributed by atoms with van der Waals surface area (Å²) in [5, 5.41) is 3.33. The van der Waals surface area contributed by atoms with Crippen LogP contribution in [0.25, 0.3) is 0 Å². The molecule has 2 rings (SSSR count). The third kappa shape index (κ3) is 4.00. The molecule has 0 radical (unpaired) electrons. The number of nitrogens with one attached hydrogen (secondary N) is 1. The fraction of sp³-hybridized carbons (Fsp3) is 0.600. The topological polar surface area (TPSA) is 45.2 Å². The zero-order chi connectivity index (χ0) is 14.4. The molecule has 1 unspecified atom stereocenters. The van der Waals surface area contributed by atoms with Crippen LogP contribution >= 0.6 is 0 Å². The number of carbonyl (C=O) groups excluding carboxylic acids is 1. The molecule has 1 aliphatic heterocycles. The summed E-state index contributed by atoms with van der Waals surface area (Å²) >= 11 is 0. The van der Waals surface area contributed by atoms with Gasteiger partial charge in [-0.1, -0.05) is 6.92 Å². The van der Waals surface area contributed by atoms with Crippen LogP contribution in [-0.2, 0) is 4.79 Å². The normalized spacial score (nSPS) is 16.4. The highest BCUT2D eigenvalue weighted by Crippen LogP contribution is 2.14. The van der Waals surface area contributed by atoms with Crippen molar-refractivity contribution in [1.29, 1.82) is 0 Å². The minimum Gasteiger partial charge on any atom is -0.343 e. The standard InChI is InChI=1S/C15H22FN3O/c1-2-13(14-6-5-12(16)11-18-14)17-8-7-15(20)19-9-3-4-10-19/h5-6,11,13,17H,2-4,7-10H2,1H3. The molecule has 110 valence electrons. The number of nitrogens with zero attached hydrogens (tertiary/aromatic N) is 2. The molecule has 1 fully saturated rings. The summed E-state index contributed by atoms with van der Waals surface area (Å²) in [5.41, 5.74) is 0.822. The van der Waals surface area contributed by atoms with Gasteiger partial charge in [0.15, 0.2) is 0 Å². The van der Waals surface area contributed by atoms with Gasteiger partial charge in [0.05, 0.1) is 11.9 Å². The zero-order valence-electron chi connectivity index (χ0n) is 11.9. The van der Waals surface area contributed by atoms with E-state index in [-0.39, 0.29) is 17.8 Å². The van der Waals surface area contributed by atoms with E-state index in [0.29, 0.717) is 13.0 Å². The van der Waals surface area contributed by atoms with Gasteiger partial charge in [-0.2, -0.15) is 0 Å². The third-order valence-electron chi connectivity index (χ3n) is 3.70. The van der Waals surface area contributed by atoms with E-state index in [9.17, 15) is 9.18 Å². The van der Waals surface area contributed by atoms with Crippen LogP contribution in [0.15, 0.2) is 18.3 Å². The summed E-state index contributed by atoms with van der Waals surface area (Å²) in [6, 6.07) is 3.18. The molecular formula is C15H22FN3O.